The maximum Gasteiger partial charge on any atom is 0.333 e. The first-order chi connectivity index (χ1) is 13.4. The Morgan fingerprint density at radius 1 is 1.07 bits per heavy atom. The van der Waals surface area contributed by atoms with Crippen LogP contribution in [0.2, 0.25) is 0 Å². The van der Waals surface area contributed by atoms with Crippen LogP contribution in [-0.2, 0) is 19.0 Å². The van der Waals surface area contributed by atoms with E-state index < -0.39 is 5.97 Å². The van der Waals surface area contributed by atoms with Crippen LogP contribution >= 0.6 is 22.7 Å². The topological polar surface area (TPSA) is 70.5 Å². The Hall–Kier alpha value is -2.03. The summed E-state index contributed by atoms with van der Waals surface area (Å²) < 4.78 is 15.6. The zero-order valence-electron chi connectivity index (χ0n) is 17.0. The van der Waals surface area contributed by atoms with Crippen LogP contribution < -0.4 is 0 Å². The van der Waals surface area contributed by atoms with E-state index >= 15 is 0 Å². The first kappa shape index (κ1) is 22.3. The lowest BCUT2D eigenvalue weighted by atomic mass is 10.0. The summed E-state index contributed by atoms with van der Waals surface area (Å²) in [5.41, 5.74) is 1.75. The molecule has 28 heavy (non-hydrogen) atoms. The van der Waals surface area contributed by atoms with Crippen LogP contribution in [0.5, 0.6) is 0 Å². The molecule has 0 aliphatic heterocycles. The Morgan fingerprint density at radius 2 is 1.82 bits per heavy atom. The summed E-state index contributed by atoms with van der Waals surface area (Å²) in [6, 6.07) is 0. The fourth-order valence-corrected chi connectivity index (χ4v) is 4.13. The van der Waals surface area contributed by atoms with Gasteiger partial charge in [-0.25, -0.2) is 14.8 Å². The molecule has 2 unspecified atom stereocenters. The van der Waals surface area contributed by atoms with Crippen molar-refractivity contribution in [2.75, 3.05) is 21.3 Å². The number of hydrogen-bond donors (Lipinski definition) is 0. The van der Waals surface area contributed by atoms with E-state index in [1.54, 1.807) is 29.8 Å². The number of ether oxygens (including phenoxy) is 3. The summed E-state index contributed by atoms with van der Waals surface area (Å²) in [6.45, 7) is 6.19. The van der Waals surface area contributed by atoms with E-state index in [0.717, 1.165) is 21.4 Å². The molecule has 8 heteroatoms. The van der Waals surface area contributed by atoms with Crippen molar-refractivity contribution < 1.29 is 19.0 Å². The molecule has 0 radical (unpaired) electrons. The molecular weight excluding hydrogens is 396 g/mol. The number of aromatic nitrogens is 2. The third-order valence-corrected chi connectivity index (χ3v) is 6.15. The Morgan fingerprint density at radius 3 is 2.39 bits per heavy atom. The Kier molecular flexibility index (Phi) is 8.35. The minimum atomic E-state index is -0.462. The van der Waals surface area contributed by atoms with Crippen LogP contribution in [0.3, 0.4) is 0 Å². The van der Waals surface area contributed by atoms with Crippen molar-refractivity contribution >= 4 is 34.7 Å². The Bertz CT molecular complexity index is 839. The summed E-state index contributed by atoms with van der Waals surface area (Å²) in [5.74, 6) is 0.271. The maximum atomic E-state index is 11.5. The van der Waals surface area contributed by atoms with Crippen LogP contribution in [0.1, 0.15) is 37.4 Å². The van der Waals surface area contributed by atoms with Gasteiger partial charge in [0.05, 0.1) is 37.1 Å². The lowest BCUT2D eigenvalue weighted by Gasteiger charge is -2.21. The number of esters is 1. The Balaban J connectivity index is 2.13. The van der Waals surface area contributed by atoms with Gasteiger partial charge in [0, 0.05) is 29.7 Å². The van der Waals surface area contributed by atoms with Crippen LogP contribution in [0.4, 0.5) is 0 Å². The predicted octanol–water partition coefficient (Wildman–Crippen LogP) is 4.76. The van der Waals surface area contributed by atoms with Crippen molar-refractivity contribution in [3.8, 4) is 10.7 Å². The van der Waals surface area contributed by atoms with Gasteiger partial charge in [0.25, 0.3) is 0 Å². The lowest BCUT2D eigenvalue weighted by molar-refractivity contribution is -0.135. The van der Waals surface area contributed by atoms with Gasteiger partial charge in [-0.1, -0.05) is 26.8 Å². The molecule has 0 spiro atoms. The predicted molar refractivity (Wildman–Crippen MR) is 113 cm³/mol. The molecule has 0 aliphatic carbocycles. The molecule has 0 saturated carbocycles. The van der Waals surface area contributed by atoms with Gasteiger partial charge < -0.3 is 14.2 Å². The minimum absolute atomic E-state index is 0.171. The quantitative estimate of drug-likeness (QED) is 0.330. The molecule has 0 bridgehead atoms. The van der Waals surface area contributed by atoms with Crippen molar-refractivity contribution in [3.05, 3.63) is 39.4 Å². The number of rotatable bonds is 9. The highest BCUT2D eigenvalue weighted by Gasteiger charge is 2.20. The van der Waals surface area contributed by atoms with E-state index in [9.17, 15) is 4.79 Å². The molecular formula is C20H26N2O4S2. The molecule has 2 aromatic heterocycles. The van der Waals surface area contributed by atoms with Gasteiger partial charge in [0.15, 0.2) is 0 Å². The third kappa shape index (κ3) is 5.73. The van der Waals surface area contributed by atoms with Gasteiger partial charge in [-0.3, -0.25) is 0 Å². The minimum Gasteiger partial charge on any atom is -0.500 e. The van der Waals surface area contributed by atoms with Crippen LogP contribution in [0, 0.1) is 5.92 Å². The van der Waals surface area contributed by atoms with Crippen molar-refractivity contribution in [2.24, 2.45) is 5.92 Å². The Labute approximate surface area is 173 Å². The monoisotopic (exact) mass is 422 g/mol. The van der Waals surface area contributed by atoms with E-state index in [1.165, 1.54) is 20.3 Å². The normalized spacial score (nSPS) is 14.5. The highest BCUT2D eigenvalue weighted by Crippen LogP contribution is 2.29. The maximum absolute atomic E-state index is 11.5. The zero-order chi connectivity index (χ0) is 20.7. The molecule has 2 heterocycles. The molecule has 0 N–H and O–H groups in total. The average molecular weight is 423 g/mol. The van der Waals surface area contributed by atoms with E-state index in [-0.39, 0.29) is 12.0 Å². The number of nitrogens with zero attached hydrogens (tertiary/aromatic N) is 2. The molecule has 0 saturated heterocycles. The smallest absolute Gasteiger partial charge is 0.333 e. The lowest BCUT2D eigenvalue weighted by Crippen LogP contribution is -2.21. The van der Waals surface area contributed by atoms with Crippen molar-refractivity contribution in [1.29, 1.82) is 0 Å². The van der Waals surface area contributed by atoms with Gasteiger partial charge in [0.1, 0.15) is 16.5 Å². The van der Waals surface area contributed by atoms with E-state index in [2.05, 4.69) is 28.6 Å². The van der Waals surface area contributed by atoms with Gasteiger partial charge >= 0.3 is 5.97 Å². The first-order valence-corrected chi connectivity index (χ1v) is 10.6. The SMILES string of the molecule is COC(=O)/C=C(/OC)C(C)C(/C=C/c1csc(-c2csc(C(C)C)n2)n1)OC. The fourth-order valence-electron chi connectivity index (χ4n) is 2.49. The van der Waals surface area contributed by atoms with Crippen molar-refractivity contribution in [2.45, 2.75) is 32.8 Å². The summed E-state index contributed by atoms with van der Waals surface area (Å²) in [5, 5.41) is 6.04. The molecule has 0 amide bonds. The molecule has 0 aliphatic rings. The van der Waals surface area contributed by atoms with Gasteiger partial charge in [-0.05, 0) is 6.08 Å². The standard InChI is InChI=1S/C20H26N2O4S2/c1-12(2)19-22-15(11-28-19)20-21-14(10-27-20)7-8-16(24-4)13(3)17(25-5)9-18(23)26-6/h7-13,16H,1-6H3/b8-7+,17-9+. The highest BCUT2D eigenvalue weighted by atomic mass is 32.1. The number of methoxy groups -OCH3 is 3. The molecule has 0 aromatic carbocycles. The first-order valence-electron chi connectivity index (χ1n) is 8.85. The van der Waals surface area contributed by atoms with Gasteiger partial charge in [-0.15, -0.1) is 22.7 Å². The van der Waals surface area contributed by atoms with E-state index in [1.807, 2.05) is 29.8 Å². The molecule has 2 rings (SSSR count). The second kappa shape index (κ2) is 10.5. The van der Waals surface area contributed by atoms with Gasteiger partial charge in [0.2, 0.25) is 0 Å². The average Bonchev–Trinajstić information content (AvgIpc) is 3.35. The molecule has 6 nitrogen and oxygen atoms in total. The number of thiazole rings is 2. The van der Waals surface area contributed by atoms with Crippen molar-refractivity contribution in [1.82, 2.24) is 9.97 Å². The number of carbonyl (C=O) groups excluding carboxylic acids is 1. The number of carbonyl (C=O) groups is 1. The highest BCUT2D eigenvalue weighted by molar-refractivity contribution is 7.14. The molecule has 152 valence electrons. The zero-order valence-corrected chi connectivity index (χ0v) is 18.6. The second-order valence-corrected chi connectivity index (χ2v) is 8.17. The van der Waals surface area contributed by atoms with Crippen molar-refractivity contribution in [3.63, 3.8) is 0 Å². The summed E-state index contributed by atoms with van der Waals surface area (Å²) in [6.07, 6.45) is 4.87. The van der Waals surface area contributed by atoms with Crippen LogP contribution in [0.15, 0.2) is 28.7 Å². The molecule has 2 atom stereocenters. The summed E-state index contributed by atoms with van der Waals surface area (Å²) in [4.78, 5) is 20.8. The van der Waals surface area contributed by atoms with Crippen LogP contribution in [0.25, 0.3) is 16.8 Å². The molecule has 2 aromatic rings. The molecule has 0 fully saturated rings. The third-order valence-electron chi connectivity index (χ3n) is 4.12. The summed E-state index contributed by atoms with van der Waals surface area (Å²) >= 11 is 3.22. The fraction of sp³-hybridized carbons (Fsp3) is 0.450. The second-order valence-electron chi connectivity index (χ2n) is 6.43. The summed E-state index contributed by atoms with van der Waals surface area (Å²) in [7, 11) is 4.47. The van der Waals surface area contributed by atoms with Crippen LogP contribution in [-0.4, -0.2) is 43.4 Å². The van der Waals surface area contributed by atoms with Gasteiger partial charge in [-0.2, -0.15) is 0 Å². The van der Waals surface area contributed by atoms with E-state index in [0.29, 0.717) is 11.7 Å². The largest absolute Gasteiger partial charge is 0.500 e. The number of hydrogen-bond acceptors (Lipinski definition) is 8. The van der Waals surface area contributed by atoms with E-state index in [4.69, 9.17) is 9.47 Å².